The van der Waals surface area contributed by atoms with E-state index in [2.05, 4.69) is 28.1 Å². The van der Waals surface area contributed by atoms with E-state index < -0.39 is 0 Å². The van der Waals surface area contributed by atoms with Crippen molar-refractivity contribution in [1.82, 2.24) is 5.32 Å². The van der Waals surface area contributed by atoms with Crippen molar-refractivity contribution < 1.29 is 0 Å². The number of hydrogen-bond acceptors (Lipinski definition) is 2. The summed E-state index contributed by atoms with van der Waals surface area (Å²) >= 11 is 1.71. The lowest BCUT2D eigenvalue weighted by Gasteiger charge is -2.04. The Kier molecular flexibility index (Phi) is 3.15. The molecule has 0 saturated heterocycles. The van der Waals surface area contributed by atoms with E-state index in [9.17, 15) is 0 Å². The van der Waals surface area contributed by atoms with Gasteiger partial charge >= 0.3 is 0 Å². The van der Waals surface area contributed by atoms with Crippen molar-refractivity contribution >= 4 is 11.3 Å². The molecule has 1 aromatic heterocycles. The van der Waals surface area contributed by atoms with Crippen molar-refractivity contribution in [2.75, 3.05) is 0 Å². The quantitative estimate of drug-likeness (QED) is 0.674. The van der Waals surface area contributed by atoms with E-state index in [0.717, 1.165) is 6.54 Å². The van der Waals surface area contributed by atoms with Gasteiger partial charge in [0.25, 0.3) is 0 Å². The van der Waals surface area contributed by atoms with Crippen LogP contribution in [0, 0.1) is 12.3 Å². The molecule has 0 aliphatic carbocycles. The molecule has 58 valence electrons. The van der Waals surface area contributed by atoms with E-state index >= 15 is 0 Å². The normalized spacial score (nSPS) is 12.4. The molecule has 0 aliphatic rings. The fourth-order valence-corrected chi connectivity index (χ4v) is 1.39. The Balaban J connectivity index is 2.30. The molecule has 1 N–H and O–H groups in total. The van der Waals surface area contributed by atoms with Crippen LogP contribution in [-0.2, 0) is 6.54 Å². The lowest BCUT2D eigenvalue weighted by atomic mass is 10.3. The van der Waals surface area contributed by atoms with E-state index in [0.29, 0.717) is 0 Å². The first-order chi connectivity index (χ1) is 5.33. The Morgan fingerprint density at radius 3 is 3.18 bits per heavy atom. The summed E-state index contributed by atoms with van der Waals surface area (Å²) in [5.74, 6) is 2.62. The van der Waals surface area contributed by atoms with Gasteiger partial charge in [-0.25, -0.2) is 0 Å². The molecule has 1 aromatic rings. The molecule has 1 unspecified atom stereocenters. The van der Waals surface area contributed by atoms with Crippen molar-refractivity contribution in [2.45, 2.75) is 19.5 Å². The van der Waals surface area contributed by atoms with Crippen molar-refractivity contribution in [3.63, 3.8) is 0 Å². The molecule has 0 aromatic carbocycles. The SMILES string of the molecule is C#CC(C)NCc1ccsc1. The highest BCUT2D eigenvalue weighted by atomic mass is 32.1. The minimum absolute atomic E-state index is 0.162. The molecule has 1 nitrogen and oxygen atoms in total. The van der Waals surface area contributed by atoms with E-state index in [1.54, 1.807) is 11.3 Å². The van der Waals surface area contributed by atoms with Gasteiger partial charge in [0.15, 0.2) is 0 Å². The third-order valence-electron chi connectivity index (χ3n) is 1.44. The van der Waals surface area contributed by atoms with Crippen LogP contribution in [0.1, 0.15) is 12.5 Å². The summed E-state index contributed by atoms with van der Waals surface area (Å²) in [6.45, 7) is 2.85. The van der Waals surface area contributed by atoms with Crippen molar-refractivity contribution in [3.8, 4) is 12.3 Å². The second kappa shape index (κ2) is 4.17. The highest BCUT2D eigenvalue weighted by molar-refractivity contribution is 7.07. The Labute approximate surface area is 71.4 Å². The average molecular weight is 165 g/mol. The van der Waals surface area contributed by atoms with Gasteiger partial charge in [0, 0.05) is 6.54 Å². The van der Waals surface area contributed by atoms with Crippen LogP contribution in [0.25, 0.3) is 0 Å². The van der Waals surface area contributed by atoms with Crippen molar-refractivity contribution in [3.05, 3.63) is 22.4 Å². The molecular weight excluding hydrogens is 154 g/mol. The summed E-state index contributed by atoms with van der Waals surface area (Å²) < 4.78 is 0. The summed E-state index contributed by atoms with van der Waals surface area (Å²) in [5.41, 5.74) is 1.30. The molecule has 0 aliphatic heterocycles. The van der Waals surface area contributed by atoms with Gasteiger partial charge in [-0.15, -0.1) is 6.42 Å². The maximum Gasteiger partial charge on any atom is 0.0660 e. The maximum atomic E-state index is 5.20. The second-order valence-corrected chi connectivity index (χ2v) is 3.18. The predicted octanol–water partition coefficient (Wildman–Crippen LogP) is 1.86. The zero-order chi connectivity index (χ0) is 8.10. The van der Waals surface area contributed by atoms with Gasteiger partial charge in [-0.1, -0.05) is 5.92 Å². The molecule has 1 atom stereocenters. The van der Waals surface area contributed by atoms with Crippen LogP contribution in [0.4, 0.5) is 0 Å². The summed E-state index contributed by atoms with van der Waals surface area (Å²) in [5, 5.41) is 7.39. The minimum Gasteiger partial charge on any atom is -0.300 e. The second-order valence-electron chi connectivity index (χ2n) is 2.40. The molecule has 0 fully saturated rings. The van der Waals surface area contributed by atoms with Crippen molar-refractivity contribution in [1.29, 1.82) is 0 Å². The third kappa shape index (κ3) is 2.75. The van der Waals surface area contributed by atoms with Crippen LogP contribution < -0.4 is 5.32 Å². The summed E-state index contributed by atoms with van der Waals surface area (Å²) in [7, 11) is 0. The van der Waals surface area contributed by atoms with E-state index in [4.69, 9.17) is 6.42 Å². The monoisotopic (exact) mass is 165 g/mol. The fraction of sp³-hybridized carbons (Fsp3) is 0.333. The van der Waals surface area contributed by atoms with Crippen LogP contribution in [-0.4, -0.2) is 6.04 Å². The number of thiophene rings is 1. The summed E-state index contributed by atoms with van der Waals surface area (Å²) in [6.07, 6.45) is 5.20. The van der Waals surface area contributed by atoms with Gasteiger partial charge < -0.3 is 0 Å². The molecule has 2 heteroatoms. The molecule has 1 heterocycles. The first kappa shape index (κ1) is 8.32. The highest BCUT2D eigenvalue weighted by Gasteiger charge is 1.95. The Morgan fingerprint density at radius 1 is 1.82 bits per heavy atom. The molecule has 1 rings (SSSR count). The van der Waals surface area contributed by atoms with Gasteiger partial charge in [0.05, 0.1) is 6.04 Å². The molecule has 0 amide bonds. The topological polar surface area (TPSA) is 12.0 Å². The number of rotatable bonds is 3. The molecule has 0 spiro atoms. The van der Waals surface area contributed by atoms with Crippen LogP contribution >= 0.6 is 11.3 Å². The third-order valence-corrected chi connectivity index (χ3v) is 2.17. The Bertz CT molecular complexity index is 233. The fourth-order valence-electron chi connectivity index (χ4n) is 0.723. The molecule has 0 radical (unpaired) electrons. The summed E-state index contributed by atoms with van der Waals surface area (Å²) in [4.78, 5) is 0. The lowest BCUT2D eigenvalue weighted by Crippen LogP contribution is -2.23. The smallest absolute Gasteiger partial charge is 0.0660 e. The van der Waals surface area contributed by atoms with Gasteiger partial charge in [0.1, 0.15) is 0 Å². The van der Waals surface area contributed by atoms with Gasteiger partial charge in [0.2, 0.25) is 0 Å². The average Bonchev–Trinajstić information content (AvgIpc) is 2.52. The van der Waals surface area contributed by atoms with Crippen molar-refractivity contribution in [2.24, 2.45) is 0 Å². The van der Waals surface area contributed by atoms with E-state index in [-0.39, 0.29) is 6.04 Å². The van der Waals surface area contributed by atoms with Crippen LogP contribution in [0.5, 0.6) is 0 Å². The first-order valence-electron chi connectivity index (χ1n) is 3.53. The highest BCUT2D eigenvalue weighted by Crippen LogP contribution is 2.04. The van der Waals surface area contributed by atoms with Gasteiger partial charge in [-0.3, -0.25) is 5.32 Å². The molecule has 0 saturated carbocycles. The molecule has 0 bridgehead atoms. The van der Waals surface area contributed by atoms with E-state index in [1.165, 1.54) is 5.56 Å². The zero-order valence-corrected chi connectivity index (χ0v) is 7.32. The predicted molar refractivity (Wildman–Crippen MR) is 49.5 cm³/mol. The number of hydrogen-bond donors (Lipinski definition) is 1. The lowest BCUT2D eigenvalue weighted by molar-refractivity contribution is 0.649. The largest absolute Gasteiger partial charge is 0.300 e. The Hall–Kier alpha value is -0.780. The van der Waals surface area contributed by atoms with Gasteiger partial charge in [-0.05, 0) is 29.3 Å². The first-order valence-corrected chi connectivity index (χ1v) is 4.48. The standard InChI is InChI=1S/C9H11NS/c1-3-8(2)10-6-9-4-5-11-7-9/h1,4-5,7-8,10H,6H2,2H3. The number of terminal acetylenes is 1. The Morgan fingerprint density at radius 2 is 2.64 bits per heavy atom. The van der Waals surface area contributed by atoms with E-state index in [1.807, 2.05) is 6.92 Å². The minimum atomic E-state index is 0.162. The molecular formula is C9H11NS. The van der Waals surface area contributed by atoms with Crippen LogP contribution in [0.15, 0.2) is 16.8 Å². The van der Waals surface area contributed by atoms with Crippen LogP contribution in [0.2, 0.25) is 0 Å². The molecule has 11 heavy (non-hydrogen) atoms. The maximum absolute atomic E-state index is 5.20. The summed E-state index contributed by atoms with van der Waals surface area (Å²) in [6, 6.07) is 2.26. The van der Waals surface area contributed by atoms with Gasteiger partial charge in [-0.2, -0.15) is 11.3 Å². The number of nitrogens with one attached hydrogen (secondary N) is 1. The van der Waals surface area contributed by atoms with Crippen LogP contribution in [0.3, 0.4) is 0 Å². The zero-order valence-electron chi connectivity index (χ0n) is 6.50.